The van der Waals surface area contributed by atoms with Gasteiger partial charge < -0.3 is 5.73 Å². The van der Waals surface area contributed by atoms with Gasteiger partial charge in [0.2, 0.25) is 0 Å². The van der Waals surface area contributed by atoms with Gasteiger partial charge in [0.05, 0.1) is 0 Å². The van der Waals surface area contributed by atoms with Gasteiger partial charge in [0, 0.05) is 17.1 Å². The van der Waals surface area contributed by atoms with Gasteiger partial charge in [0.15, 0.2) is 4.34 Å². The summed E-state index contributed by atoms with van der Waals surface area (Å²) < 4.78 is 0.964. The minimum absolute atomic E-state index is 0.527. The van der Waals surface area contributed by atoms with Crippen molar-refractivity contribution in [3.63, 3.8) is 0 Å². The van der Waals surface area contributed by atoms with Crippen LogP contribution >= 0.6 is 23.1 Å². The molecular formula is C8H8N4S2. The number of nitrogens with zero attached hydrogens (tertiary/aromatic N) is 3. The molecule has 0 spiro atoms. The lowest BCUT2D eigenvalue weighted by Gasteiger charge is -2.02. The Hall–Kier alpha value is -1.14. The van der Waals surface area contributed by atoms with Crippen molar-refractivity contribution in [3.05, 3.63) is 23.5 Å². The van der Waals surface area contributed by atoms with Crippen molar-refractivity contribution in [1.29, 1.82) is 0 Å². The molecule has 72 valence electrons. The summed E-state index contributed by atoms with van der Waals surface area (Å²) in [7, 11) is 0. The number of nitrogens with two attached hydrogens (primary N) is 1. The number of aromatic nitrogens is 3. The fourth-order valence-electron chi connectivity index (χ4n) is 0.893. The van der Waals surface area contributed by atoms with Crippen LogP contribution in [0.2, 0.25) is 0 Å². The van der Waals surface area contributed by atoms with Crippen LogP contribution in [0.25, 0.3) is 0 Å². The minimum atomic E-state index is 0.527. The first kappa shape index (κ1) is 9.42. The predicted octanol–water partition coefficient (Wildman–Crippen LogP) is 1.97. The van der Waals surface area contributed by atoms with Crippen LogP contribution in [-0.4, -0.2) is 15.0 Å². The molecule has 4 nitrogen and oxygen atoms in total. The molecule has 0 amide bonds. The van der Waals surface area contributed by atoms with Crippen molar-refractivity contribution in [3.8, 4) is 0 Å². The Labute approximate surface area is 89.6 Å². The average molecular weight is 224 g/mol. The summed E-state index contributed by atoms with van der Waals surface area (Å²) in [6.45, 7) is 1.91. The summed E-state index contributed by atoms with van der Waals surface area (Å²) in [5, 5.41) is 2.80. The normalized spacial score (nSPS) is 10.4. The summed E-state index contributed by atoms with van der Waals surface area (Å²) in [5.41, 5.74) is 6.58. The first-order chi connectivity index (χ1) is 6.77. The molecule has 0 fully saturated rings. The van der Waals surface area contributed by atoms with E-state index < -0.39 is 0 Å². The molecule has 2 rings (SSSR count). The smallest absolute Gasteiger partial charge is 0.156 e. The highest BCUT2D eigenvalue weighted by Crippen LogP contribution is 2.30. The molecule has 0 unspecified atom stereocenters. The molecule has 0 aliphatic rings. The standard InChI is InChI=1S/C8H8N4S2/c1-5-6(9)11-4-12-7(5)14-8-10-2-3-13-8/h2-4H,1H3,(H2,9,11,12). The van der Waals surface area contributed by atoms with Gasteiger partial charge in [-0.25, -0.2) is 15.0 Å². The van der Waals surface area contributed by atoms with Crippen LogP contribution < -0.4 is 5.73 Å². The van der Waals surface area contributed by atoms with E-state index in [-0.39, 0.29) is 0 Å². The van der Waals surface area contributed by atoms with Crippen LogP contribution in [0, 0.1) is 6.92 Å². The lowest BCUT2D eigenvalue weighted by Crippen LogP contribution is -1.97. The fourth-order valence-corrected chi connectivity index (χ4v) is 2.49. The Kier molecular flexibility index (Phi) is 2.64. The predicted molar refractivity (Wildman–Crippen MR) is 57.4 cm³/mol. The molecule has 2 aromatic heterocycles. The molecule has 0 aliphatic heterocycles. The molecule has 2 heterocycles. The van der Waals surface area contributed by atoms with Crippen LogP contribution in [0.3, 0.4) is 0 Å². The number of nitrogen functional groups attached to an aromatic ring is 1. The highest BCUT2D eigenvalue weighted by Gasteiger charge is 2.07. The summed E-state index contributed by atoms with van der Waals surface area (Å²) >= 11 is 3.09. The molecule has 6 heteroatoms. The number of hydrogen-bond donors (Lipinski definition) is 1. The van der Waals surface area contributed by atoms with Crippen LogP contribution in [-0.2, 0) is 0 Å². The quantitative estimate of drug-likeness (QED) is 0.790. The van der Waals surface area contributed by atoms with Crippen LogP contribution in [0.4, 0.5) is 5.82 Å². The second-order valence-electron chi connectivity index (χ2n) is 2.59. The Bertz CT molecular complexity index is 427. The third-order valence-corrected chi connectivity index (χ3v) is 3.66. The molecule has 0 bridgehead atoms. The topological polar surface area (TPSA) is 64.7 Å². The number of rotatable bonds is 2. The summed E-state index contributed by atoms with van der Waals surface area (Å²) in [4.78, 5) is 12.2. The van der Waals surface area contributed by atoms with Gasteiger partial charge in [-0.15, -0.1) is 11.3 Å². The highest BCUT2D eigenvalue weighted by atomic mass is 32.2. The van der Waals surface area contributed by atoms with E-state index in [9.17, 15) is 0 Å². The van der Waals surface area contributed by atoms with Gasteiger partial charge in [0.25, 0.3) is 0 Å². The number of anilines is 1. The summed E-state index contributed by atoms with van der Waals surface area (Å²) in [6.07, 6.45) is 3.24. The maximum Gasteiger partial charge on any atom is 0.156 e. The van der Waals surface area contributed by atoms with Crippen molar-refractivity contribution in [2.45, 2.75) is 16.3 Å². The fraction of sp³-hybridized carbons (Fsp3) is 0.125. The number of thiazole rings is 1. The largest absolute Gasteiger partial charge is 0.383 e. The summed E-state index contributed by atoms with van der Waals surface area (Å²) in [6, 6.07) is 0. The van der Waals surface area contributed by atoms with Gasteiger partial charge in [-0.05, 0) is 18.7 Å². The van der Waals surface area contributed by atoms with Crippen LogP contribution in [0.15, 0.2) is 27.3 Å². The molecule has 0 aliphatic carbocycles. The van der Waals surface area contributed by atoms with E-state index in [1.54, 1.807) is 17.5 Å². The molecule has 0 atom stereocenters. The Balaban J connectivity index is 2.29. The molecule has 14 heavy (non-hydrogen) atoms. The monoisotopic (exact) mass is 224 g/mol. The first-order valence-electron chi connectivity index (χ1n) is 3.92. The zero-order valence-corrected chi connectivity index (χ0v) is 9.10. The van der Waals surface area contributed by atoms with E-state index in [0.717, 1.165) is 14.9 Å². The van der Waals surface area contributed by atoms with Gasteiger partial charge in [0.1, 0.15) is 17.2 Å². The SMILES string of the molecule is Cc1c(N)ncnc1Sc1nccs1. The Morgan fingerprint density at radius 3 is 2.93 bits per heavy atom. The molecule has 0 radical (unpaired) electrons. The average Bonchev–Trinajstić information content (AvgIpc) is 2.66. The molecule has 0 saturated carbocycles. The molecule has 2 aromatic rings. The molecule has 0 aromatic carbocycles. The third-order valence-electron chi connectivity index (χ3n) is 1.67. The van der Waals surface area contributed by atoms with Gasteiger partial charge in [-0.2, -0.15) is 0 Å². The van der Waals surface area contributed by atoms with E-state index in [1.165, 1.54) is 18.1 Å². The van der Waals surface area contributed by atoms with Crippen molar-refractivity contribution >= 4 is 28.9 Å². The third kappa shape index (κ3) is 1.85. The zero-order valence-electron chi connectivity index (χ0n) is 7.47. The van der Waals surface area contributed by atoms with E-state index >= 15 is 0 Å². The van der Waals surface area contributed by atoms with E-state index in [2.05, 4.69) is 15.0 Å². The highest BCUT2D eigenvalue weighted by molar-refractivity contribution is 8.01. The van der Waals surface area contributed by atoms with Crippen molar-refractivity contribution < 1.29 is 0 Å². The molecule has 0 saturated heterocycles. The Morgan fingerprint density at radius 2 is 2.21 bits per heavy atom. The molecule has 2 N–H and O–H groups in total. The Morgan fingerprint density at radius 1 is 1.36 bits per heavy atom. The lowest BCUT2D eigenvalue weighted by molar-refractivity contribution is 1.01. The lowest BCUT2D eigenvalue weighted by atomic mass is 10.4. The minimum Gasteiger partial charge on any atom is -0.383 e. The first-order valence-corrected chi connectivity index (χ1v) is 5.61. The van der Waals surface area contributed by atoms with Crippen molar-refractivity contribution in [2.75, 3.05) is 5.73 Å². The zero-order chi connectivity index (χ0) is 9.97. The maximum atomic E-state index is 5.67. The van der Waals surface area contributed by atoms with Gasteiger partial charge in [-0.1, -0.05) is 0 Å². The van der Waals surface area contributed by atoms with Gasteiger partial charge in [-0.3, -0.25) is 0 Å². The van der Waals surface area contributed by atoms with Crippen LogP contribution in [0.5, 0.6) is 0 Å². The second-order valence-corrected chi connectivity index (χ2v) is 4.72. The van der Waals surface area contributed by atoms with Crippen LogP contribution in [0.1, 0.15) is 5.56 Å². The van der Waals surface area contributed by atoms with E-state index in [1.807, 2.05) is 12.3 Å². The summed E-state index contributed by atoms with van der Waals surface area (Å²) in [5.74, 6) is 0.527. The second kappa shape index (κ2) is 3.93. The molecular weight excluding hydrogens is 216 g/mol. The van der Waals surface area contributed by atoms with Crippen molar-refractivity contribution in [2.24, 2.45) is 0 Å². The van der Waals surface area contributed by atoms with E-state index in [4.69, 9.17) is 5.73 Å². The van der Waals surface area contributed by atoms with Gasteiger partial charge >= 0.3 is 0 Å². The number of hydrogen-bond acceptors (Lipinski definition) is 6. The van der Waals surface area contributed by atoms with E-state index in [0.29, 0.717) is 5.82 Å². The maximum absolute atomic E-state index is 5.67. The van der Waals surface area contributed by atoms with Crippen molar-refractivity contribution in [1.82, 2.24) is 15.0 Å².